The van der Waals surface area contributed by atoms with Gasteiger partial charge >= 0.3 is 6.18 Å². The minimum atomic E-state index is -4.32. The lowest BCUT2D eigenvalue weighted by atomic mass is 9.82. The summed E-state index contributed by atoms with van der Waals surface area (Å²) in [6, 6.07) is 10.3. The highest BCUT2D eigenvalue weighted by Crippen LogP contribution is 2.40. The normalized spacial score (nSPS) is 19.4. The summed E-state index contributed by atoms with van der Waals surface area (Å²) < 4.78 is 44.3. The standard InChI is InChI=1S/C21H19ClF3NO2/c22-16-5-6-17-18(27)12-20(28-19(17)11-16)7-9-26(10-8-20)13-14-1-3-15(4-2-14)21(23,24)25/h1-6,11H,7-10,12-13H2. The fourth-order valence-corrected chi connectivity index (χ4v) is 4.09. The van der Waals surface area contributed by atoms with Gasteiger partial charge in [0, 0.05) is 37.5 Å². The molecule has 0 bridgehead atoms. The van der Waals surface area contributed by atoms with Crippen LogP contribution in [0.5, 0.6) is 5.75 Å². The number of rotatable bonds is 2. The van der Waals surface area contributed by atoms with E-state index in [0.717, 1.165) is 17.7 Å². The third-order valence-corrected chi connectivity index (χ3v) is 5.74. The molecule has 0 amide bonds. The third kappa shape index (κ3) is 3.89. The maximum atomic E-state index is 12.7. The Morgan fingerprint density at radius 2 is 1.75 bits per heavy atom. The predicted molar refractivity (Wildman–Crippen MR) is 99.7 cm³/mol. The molecule has 0 unspecified atom stereocenters. The summed E-state index contributed by atoms with van der Waals surface area (Å²) >= 11 is 6.03. The molecule has 2 aromatic carbocycles. The molecule has 0 radical (unpaired) electrons. The Morgan fingerprint density at radius 3 is 2.39 bits per heavy atom. The van der Waals surface area contributed by atoms with Gasteiger partial charge in [-0.3, -0.25) is 9.69 Å². The molecule has 0 N–H and O–H groups in total. The van der Waals surface area contributed by atoms with Crippen molar-refractivity contribution in [2.24, 2.45) is 0 Å². The van der Waals surface area contributed by atoms with E-state index in [2.05, 4.69) is 4.90 Å². The molecule has 2 heterocycles. The van der Waals surface area contributed by atoms with Gasteiger partial charge in [0.2, 0.25) is 0 Å². The zero-order chi connectivity index (χ0) is 19.9. The first-order valence-corrected chi connectivity index (χ1v) is 9.52. The highest BCUT2D eigenvalue weighted by Gasteiger charge is 2.43. The molecule has 2 aliphatic rings. The number of carbonyl (C=O) groups is 1. The van der Waals surface area contributed by atoms with E-state index in [1.165, 1.54) is 12.1 Å². The van der Waals surface area contributed by atoms with Gasteiger partial charge in [-0.05, 0) is 35.9 Å². The van der Waals surface area contributed by atoms with Gasteiger partial charge in [0.25, 0.3) is 0 Å². The Kier molecular flexibility index (Phi) is 4.88. The molecule has 7 heteroatoms. The van der Waals surface area contributed by atoms with E-state index in [4.69, 9.17) is 16.3 Å². The van der Waals surface area contributed by atoms with Crippen LogP contribution in [0.25, 0.3) is 0 Å². The number of nitrogens with zero attached hydrogens (tertiary/aromatic N) is 1. The molecule has 0 saturated carbocycles. The van der Waals surface area contributed by atoms with Crippen molar-refractivity contribution in [3.63, 3.8) is 0 Å². The Labute approximate surface area is 166 Å². The number of halogens is 4. The van der Waals surface area contributed by atoms with E-state index in [0.29, 0.717) is 55.2 Å². The topological polar surface area (TPSA) is 29.5 Å². The van der Waals surface area contributed by atoms with E-state index in [1.54, 1.807) is 18.2 Å². The maximum absolute atomic E-state index is 12.7. The van der Waals surface area contributed by atoms with Crippen LogP contribution >= 0.6 is 11.6 Å². The van der Waals surface area contributed by atoms with Crippen molar-refractivity contribution in [1.29, 1.82) is 0 Å². The average Bonchev–Trinajstić information content (AvgIpc) is 2.63. The van der Waals surface area contributed by atoms with Crippen molar-refractivity contribution in [2.45, 2.75) is 37.6 Å². The van der Waals surface area contributed by atoms with Gasteiger partial charge < -0.3 is 4.74 Å². The van der Waals surface area contributed by atoms with Crippen LogP contribution in [0, 0.1) is 0 Å². The molecule has 1 spiro atoms. The summed E-state index contributed by atoms with van der Waals surface area (Å²) in [7, 11) is 0. The van der Waals surface area contributed by atoms with Gasteiger partial charge in [-0.2, -0.15) is 13.2 Å². The number of carbonyl (C=O) groups excluding carboxylic acids is 1. The highest BCUT2D eigenvalue weighted by atomic mass is 35.5. The molecule has 3 nitrogen and oxygen atoms in total. The van der Waals surface area contributed by atoms with Crippen molar-refractivity contribution in [1.82, 2.24) is 4.90 Å². The fraction of sp³-hybridized carbons (Fsp3) is 0.381. The minimum Gasteiger partial charge on any atom is -0.486 e. The largest absolute Gasteiger partial charge is 0.486 e. The van der Waals surface area contributed by atoms with E-state index in [1.807, 2.05) is 0 Å². The second-order valence-corrected chi connectivity index (χ2v) is 7.93. The number of piperidine rings is 1. The molecule has 1 fully saturated rings. The monoisotopic (exact) mass is 409 g/mol. The first-order valence-electron chi connectivity index (χ1n) is 9.14. The SMILES string of the molecule is O=C1CC2(CCN(Cc3ccc(C(F)(F)F)cc3)CC2)Oc2cc(Cl)ccc21. The van der Waals surface area contributed by atoms with Crippen LogP contribution in [0.15, 0.2) is 42.5 Å². The Bertz CT molecular complexity index is 888. The number of benzene rings is 2. The summed E-state index contributed by atoms with van der Waals surface area (Å²) in [6.45, 7) is 2.00. The summed E-state index contributed by atoms with van der Waals surface area (Å²) in [5.41, 5.74) is 0.245. The van der Waals surface area contributed by atoms with Crippen molar-refractivity contribution in [3.05, 3.63) is 64.2 Å². The van der Waals surface area contributed by atoms with E-state index >= 15 is 0 Å². The van der Waals surface area contributed by atoms with Gasteiger partial charge in [-0.1, -0.05) is 23.7 Å². The smallest absolute Gasteiger partial charge is 0.416 e. The Hall–Kier alpha value is -2.05. The average molecular weight is 410 g/mol. The quantitative estimate of drug-likeness (QED) is 0.668. The number of likely N-dealkylation sites (tertiary alicyclic amines) is 1. The summed E-state index contributed by atoms with van der Waals surface area (Å²) in [5, 5.41) is 0.531. The fourth-order valence-electron chi connectivity index (χ4n) is 3.92. The van der Waals surface area contributed by atoms with Crippen molar-refractivity contribution in [3.8, 4) is 5.75 Å². The van der Waals surface area contributed by atoms with Crippen LogP contribution in [-0.2, 0) is 12.7 Å². The maximum Gasteiger partial charge on any atom is 0.416 e. The van der Waals surface area contributed by atoms with Crippen molar-refractivity contribution < 1.29 is 22.7 Å². The number of fused-ring (bicyclic) bond motifs is 1. The van der Waals surface area contributed by atoms with Crippen LogP contribution in [0.3, 0.4) is 0 Å². The van der Waals surface area contributed by atoms with Crippen molar-refractivity contribution in [2.75, 3.05) is 13.1 Å². The number of ketones is 1. The molecular weight excluding hydrogens is 391 g/mol. The molecular formula is C21H19ClF3NO2. The zero-order valence-electron chi connectivity index (χ0n) is 15.1. The van der Waals surface area contributed by atoms with Crippen molar-refractivity contribution >= 4 is 17.4 Å². The lowest BCUT2D eigenvalue weighted by molar-refractivity contribution is -0.137. The van der Waals surface area contributed by atoms with Gasteiger partial charge in [0.05, 0.1) is 17.5 Å². The summed E-state index contributed by atoms with van der Waals surface area (Å²) in [4.78, 5) is 14.7. The van der Waals surface area contributed by atoms with Gasteiger partial charge in [-0.25, -0.2) is 0 Å². The molecule has 0 aliphatic carbocycles. The molecule has 4 rings (SSSR count). The highest BCUT2D eigenvalue weighted by molar-refractivity contribution is 6.30. The van der Waals surface area contributed by atoms with Crippen LogP contribution in [0.2, 0.25) is 5.02 Å². The molecule has 2 aromatic rings. The summed E-state index contributed by atoms with van der Waals surface area (Å²) in [5.74, 6) is 0.606. The minimum absolute atomic E-state index is 0.0640. The number of ether oxygens (including phenoxy) is 1. The van der Waals surface area contributed by atoms with Gasteiger partial charge in [0.15, 0.2) is 5.78 Å². The Balaban J connectivity index is 1.40. The Morgan fingerprint density at radius 1 is 1.07 bits per heavy atom. The second kappa shape index (κ2) is 7.08. The molecule has 28 heavy (non-hydrogen) atoms. The lowest BCUT2D eigenvalue weighted by Crippen LogP contribution is -2.50. The predicted octanol–water partition coefficient (Wildman–Crippen LogP) is 5.36. The third-order valence-electron chi connectivity index (χ3n) is 5.51. The first-order chi connectivity index (χ1) is 13.2. The van der Waals surface area contributed by atoms with Gasteiger partial charge in [-0.15, -0.1) is 0 Å². The van der Waals surface area contributed by atoms with E-state index in [9.17, 15) is 18.0 Å². The molecule has 1 saturated heterocycles. The van der Waals surface area contributed by atoms with E-state index in [-0.39, 0.29) is 5.78 Å². The molecule has 148 valence electrons. The molecule has 0 atom stereocenters. The van der Waals surface area contributed by atoms with Gasteiger partial charge in [0.1, 0.15) is 11.4 Å². The second-order valence-electron chi connectivity index (χ2n) is 7.50. The summed E-state index contributed by atoms with van der Waals surface area (Å²) in [6.07, 6.45) is -2.60. The number of hydrogen-bond acceptors (Lipinski definition) is 3. The number of alkyl halides is 3. The van der Waals surface area contributed by atoms with Crippen LogP contribution in [0.1, 0.15) is 40.7 Å². The number of hydrogen-bond donors (Lipinski definition) is 0. The lowest BCUT2D eigenvalue weighted by Gasteiger charge is -2.44. The molecule has 2 aliphatic heterocycles. The first kappa shape index (κ1) is 19.3. The van der Waals surface area contributed by atoms with Crippen LogP contribution < -0.4 is 4.74 Å². The van der Waals surface area contributed by atoms with Crippen LogP contribution in [-0.4, -0.2) is 29.4 Å². The zero-order valence-corrected chi connectivity index (χ0v) is 15.8. The van der Waals surface area contributed by atoms with E-state index < -0.39 is 17.3 Å². The molecule has 0 aromatic heterocycles. The number of Topliss-reactive ketones (excluding diaryl/α,β-unsaturated/α-hetero) is 1. The van der Waals surface area contributed by atoms with Crippen LogP contribution in [0.4, 0.5) is 13.2 Å².